The molecule has 124 valence electrons. The van der Waals surface area contributed by atoms with E-state index in [1.54, 1.807) is 17.2 Å². The highest BCUT2D eigenvalue weighted by molar-refractivity contribution is 9.10. The van der Waals surface area contributed by atoms with Gasteiger partial charge in [-0.2, -0.15) is 0 Å². The first-order chi connectivity index (χ1) is 11.3. The fourth-order valence-electron chi connectivity index (χ4n) is 1.95. The van der Waals surface area contributed by atoms with Gasteiger partial charge in [0.25, 0.3) is 11.2 Å². The average molecular weight is 392 g/mol. The van der Waals surface area contributed by atoms with Crippen LogP contribution in [-0.4, -0.2) is 34.7 Å². The summed E-state index contributed by atoms with van der Waals surface area (Å²) >= 11 is 3.11. The molecule has 1 heterocycles. The van der Waals surface area contributed by atoms with Crippen LogP contribution in [0.25, 0.3) is 6.08 Å². The highest BCUT2D eigenvalue weighted by atomic mass is 79.9. The summed E-state index contributed by atoms with van der Waals surface area (Å²) in [7, 11) is 3.62. The molecule has 1 aromatic heterocycles. The molecule has 0 saturated heterocycles. The lowest BCUT2D eigenvalue weighted by molar-refractivity contribution is -0.384. The van der Waals surface area contributed by atoms with Gasteiger partial charge in [0, 0.05) is 43.6 Å². The number of non-ortho nitro benzene ring substituents is 1. The Bertz CT molecular complexity index is 870. The summed E-state index contributed by atoms with van der Waals surface area (Å²) < 4.78 is 0.231. The summed E-state index contributed by atoms with van der Waals surface area (Å²) in [6, 6.07) is 6.75. The molecule has 1 N–H and O–H groups in total. The standard InChI is InChI=1S/C16H14BrN3O4/c1-19(2)8-7-14-12(9-13(17)16(22)18-14)15(21)10-3-5-11(6-4-10)20(23)24/h3-9H,1-2H3,(H,18,22)/b8-7-. The van der Waals surface area contributed by atoms with Gasteiger partial charge in [-0.25, -0.2) is 0 Å². The van der Waals surface area contributed by atoms with Crippen LogP contribution in [0.1, 0.15) is 21.6 Å². The van der Waals surface area contributed by atoms with Crippen LogP contribution in [0.2, 0.25) is 0 Å². The molecule has 0 spiro atoms. The van der Waals surface area contributed by atoms with Crippen molar-refractivity contribution in [2.45, 2.75) is 0 Å². The van der Waals surface area contributed by atoms with Crippen molar-refractivity contribution < 1.29 is 9.72 Å². The fourth-order valence-corrected chi connectivity index (χ4v) is 2.28. The number of ketones is 1. The van der Waals surface area contributed by atoms with E-state index in [1.807, 2.05) is 14.1 Å². The molecule has 0 unspecified atom stereocenters. The highest BCUT2D eigenvalue weighted by Gasteiger charge is 2.16. The van der Waals surface area contributed by atoms with Gasteiger partial charge in [0.1, 0.15) is 0 Å². The number of H-pyrrole nitrogens is 1. The van der Waals surface area contributed by atoms with E-state index < -0.39 is 4.92 Å². The van der Waals surface area contributed by atoms with Crippen LogP contribution in [0.4, 0.5) is 5.69 Å². The molecule has 1 aromatic carbocycles. The summed E-state index contributed by atoms with van der Waals surface area (Å²) in [5.74, 6) is -0.347. The molecule has 0 radical (unpaired) electrons. The number of halogens is 1. The number of nitrogens with one attached hydrogen (secondary N) is 1. The smallest absolute Gasteiger partial charge is 0.269 e. The van der Waals surface area contributed by atoms with Crippen molar-refractivity contribution in [2.75, 3.05) is 14.1 Å². The van der Waals surface area contributed by atoms with Crippen molar-refractivity contribution in [1.29, 1.82) is 0 Å². The molecule has 0 aliphatic carbocycles. The van der Waals surface area contributed by atoms with Crippen molar-refractivity contribution in [3.8, 4) is 0 Å². The second kappa shape index (κ2) is 7.22. The SMILES string of the molecule is CN(C)/C=C\c1[nH]c(=O)c(Br)cc1C(=O)c1ccc([N+](=O)[O-])cc1. The lowest BCUT2D eigenvalue weighted by Gasteiger charge is -2.08. The van der Waals surface area contributed by atoms with Crippen molar-refractivity contribution >= 4 is 33.5 Å². The van der Waals surface area contributed by atoms with E-state index in [0.717, 1.165) is 0 Å². The zero-order valence-corrected chi connectivity index (χ0v) is 14.5. The number of nitro groups is 1. The number of hydrogen-bond donors (Lipinski definition) is 1. The average Bonchev–Trinajstić information content (AvgIpc) is 2.55. The number of nitrogens with zero attached hydrogens (tertiary/aromatic N) is 2. The van der Waals surface area contributed by atoms with Gasteiger partial charge in [0.15, 0.2) is 5.78 Å². The minimum absolute atomic E-state index is 0.0954. The first-order valence-corrected chi connectivity index (χ1v) is 7.65. The molecule has 24 heavy (non-hydrogen) atoms. The lowest BCUT2D eigenvalue weighted by Crippen LogP contribution is -2.14. The Morgan fingerprint density at radius 1 is 1.29 bits per heavy atom. The van der Waals surface area contributed by atoms with Crippen molar-refractivity contribution in [1.82, 2.24) is 9.88 Å². The minimum atomic E-state index is -0.532. The zero-order chi connectivity index (χ0) is 17.9. The van der Waals surface area contributed by atoms with Crippen LogP contribution in [-0.2, 0) is 0 Å². The molecule has 0 fully saturated rings. The van der Waals surface area contributed by atoms with Crippen molar-refractivity contribution in [3.63, 3.8) is 0 Å². The van der Waals surface area contributed by atoms with E-state index >= 15 is 0 Å². The highest BCUT2D eigenvalue weighted by Crippen LogP contribution is 2.19. The van der Waals surface area contributed by atoms with Gasteiger partial charge in [0.05, 0.1) is 15.1 Å². The third-order valence-electron chi connectivity index (χ3n) is 3.15. The summed E-state index contributed by atoms with van der Waals surface area (Å²) in [5.41, 5.74) is 0.489. The third-order valence-corrected chi connectivity index (χ3v) is 3.74. The summed E-state index contributed by atoms with van der Waals surface area (Å²) in [5, 5.41) is 10.7. The second-order valence-corrected chi connectivity index (χ2v) is 6.04. The molecule has 2 rings (SSSR count). The van der Waals surface area contributed by atoms with Crippen molar-refractivity contribution in [2.24, 2.45) is 0 Å². The molecular formula is C16H14BrN3O4. The Labute approximate surface area is 145 Å². The van der Waals surface area contributed by atoms with E-state index in [2.05, 4.69) is 20.9 Å². The van der Waals surface area contributed by atoms with Gasteiger partial charge in [-0.05, 0) is 40.2 Å². The number of carbonyl (C=O) groups excluding carboxylic acids is 1. The summed E-state index contributed by atoms with van der Waals surface area (Å²) in [4.78, 5) is 39.0. The third kappa shape index (κ3) is 3.96. The summed E-state index contributed by atoms with van der Waals surface area (Å²) in [6.07, 6.45) is 3.32. The number of rotatable bonds is 5. The number of pyridine rings is 1. The number of nitro benzene ring substituents is 1. The van der Waals surface area contributed by atoms with Gasteiger partial charge in [-0.15, -0.1) is 0 Å². The Balaban J connectivity index is 2.49. The predicted molar refractivity (Wildman–Crippen MR) is 94.0 cm³/mol. The molecule has 0 bridgehead atoms. The maximum atomic E-state index is 12.7. The number of aromatic amines is 1. The maximum absolute atomic E-state index is 12.7. The lowest BCUT2D eigenvalue weighted by atomic mass is 10.0. The normalized spacial score (nSPS) is 10.8. The van der Waals surface area contributed by atoms with Crippen LogP contribution in [0.15, 0.2) is 45.8 Å². The largest absolute Gasteiger partial charge is 0.383 e. The molecule has 7 nitrogen and oxygen atoms in total. The molecule has 8 heteroatoms. The maximum Gasteiger partial charge on any atom is 0.269 e. The monoisotopic (exact) mass is 391 g/mol. The van der Waals surface area contributed by atoms with E-state index in [1.165, 1.54) is 30.3 Å². The number of carbonyl (C=O) groups is 1. The van der Waals surface area contributed by atoms with E-state index in [9.17, 15) is 19.7 Å². The van der Waals surface area contributed by atoms with Crippen LogP contribution in [0.5, 0.6) is 0 Å². The van der Waals surface area contributed by atoms with E-state index in [0.29, 0.717) is 11.3 Å². The molecule has 0 amide bonds. The number of benzene rings is 1. The summed E-state index contributed by atoms with van der Waals surface area (Å²) in [6.45, 7) is 0. The fraction of sp³-hybridized carbons (Fsp3) is 0.125. The van der Waals surface area contributed by atoms with Gasteiger partial charge in [-0.1, -0.05) is 0 Å². The van der Waals surface area contributed by atoms with Gasteiger partial charge < -0.3 is 9.88 Å². The van der Waals surface area contributed by atoms with Crippen LogP contribution in [0, 0.1) is 10.1 Å². The van der Waals surface area contributed by atoms with E-state index in [4.69, 9.17) is 0 Å². The molecule has 0 aliphatic heterocycles. The molecule has 2 aromatic rings. The number of aromatic nitrogens is 1. The minimum Gasteiger partial charge on any atom is -0.383 e. The predicted octanol–water partition coefficient (Wildman–Crippen LogP) is 2.81. The Hall–Kier alpha value is -2.74. The molecule has 0 aliphatic rings. The Morgan fingerprint density at radius 3 is 2.46 bits per heavy atom. The second-order valence-electron chi connectivity index (χ2n) is 5.19. The van der Waals surface area contributed by atoms with Gasteiger partial charge >= 0.3 is 0 Å². The zero-order valence-electron chi connectivity index (χ0n) is 12.9. The molecule has 0 atom stereocenters. The van der Waals surface area contributed by atoms with Crippen molar-refractivity contribution in [3.05, 3.63) is 78.3 Å². The molecule has 0 saturated carbocycles. The Morgan fingerprint density at radius 2 is 1.92 bits per heavy atom. The van der Waals surface area contributed by atoms with Crippen LogP contribution in [0.3, 0.4) is 0 Å². The van der Waals surface area contributed by atoms with Crippen LogP contribution >= 0.6 is 15.9 Å². The Kier molecular flexibility index (Phi) is 5.30. The van der Waals surface area contributed by atoms with Gasteiger partial charge in [-0.3, -0.25) is 19.7 Å². The van der Waals surface area contributed by atoms with E-state index in [-0.39, 0.29) is 27.1 Å². The topological polar surface area (TPSA) is 96.3 Å². The quantitative estimate of drug-likeness (QED) is 0.480. The van der Waals surface area contributed by atoms with Gasteiger partial charge in [0.2, 0.25) is 0 Å². The molecular weight excluding hydrogens is 378 g/mol. The first-order valence-electron chi connectivity index (χ1n) is 6.86. The first kappa shape index (κ1) is 17.6. The van der Waals surface area contributed by atoms with Crippen LogP contribution < -0.4 is 5.56 Å². The number of hydrogen-bond acceptors (Lipinski definition) is 5.